The third-order valence-corrected chi connectivity index (χ3v) is 4.56. The summed E-state index contributed by atoms with van der Waals surface area (Å²) in [6, 6.07) is 2.36. The van der Waals surface area contributed by atoms with Gasteiger partial charge in [-0.1, -0.05) is 6.92 Å². The average molecular weight is 275 g/mol. The van der Waals surface area contributed by atoms with E-state index < -0.39 is 21.7 Å². The fourth-order valence-corrected chi connectivity index (χ4v) is 3.24. The van der Waals surface area contributed by atoms with Crippen molar-refractivity contribution in [1.29, 1.82) is 0 Å². The van der Waals surface area contributed by atoms with Crippen LogP contribution in [-0.4, -0.2) is 32.1 Å². The second-order valence-corrected chi connectivity index (χ2v) is 6.72. The molecule has 3 nitrogen and oxygen atoms in total. The minimum atomic E-state index is -3.27. The molecule has 0 aliphatic carbocycles. The van der Waals surface area contributed by atoms with Gasteiger partial charge in [0, 0.05) is 13.1 Å². The maximum absolute atomic E-state index is 13.2. The molecule has 1 atom stereocenters. The van der Waals surface area contributed by atoms with Crippen LogP contribution in [-0.2, 0) is 16.4 Å². The molecule has 0 N–H and O–H groups in total. The first kappa shape index (κ1) is 13.4. The van der Waals surface area contributed by atoms with Crippen molar-refractivity contribution in [3.05, 3.63) is 34.9 Å². The van der Waals surface area contributed by atoms with Crippen LogP contribution in [0.4, 0.5) is 8.78 Å². The first-order valence-corrected chi connectivity index (χ1v) is 7.57. The number of fused-ring (bicyclic) bond motifs is 1. The van der Waals surface area contributed by atoms with Gasteiger partial charge in [-0.2, -0.15) is 0 Å². The Bertz CT molecular complexity index is 572. The van der Waals surface area contributed by atoms with E-state index >= 15 is 0 Å². The molecule has 0 radical (unpaired) electrons. The topological polar surface area (TPSA) is 37.4 Å². The second-order valence-electron chi connectivity index (χ2n) is 4.74. The molecule has 1 aliphatic rings. The van der Waals surface area contributed by atoms with Crippen molar-refractivity contribution in [1.82, 2.24) is 4.31 Å². The van der Waals surface area contributed by atoms with Crippen LogP contribution < -0.4 is 0 Å². The van der Waals surface area contributed by atoms with E-state index in [-0.39, 0.29) is 5.92 Å². The maximum Gasteiger partial charge on any atom is 0.211 e. The van der Waals surface area contributed by atoms with E-state index in [4.69, 9.17) is 0 Å². The second kappa shape index (κ2) is 4.59. The molecule has 0 spiro atoms. The van der Waals surface area contributed by atoms with Crippen LogP contribution in [0, 0.1) is 11.6 Å². The summed E-state index contributed by atoms with van der Waals surface area (Å²) in [7, 11) is -3.27. The van der Waals surface area contributed by atoms with E-state index in [0.29, 0.717) is 30.6 Å². The predicted octanol–water partition coefficient (Wildman–Crippen LogP) is 1.89. The summed E-state index contributed by atoms with van der Waals surface area (Å²) in [6.45, 7) is 2.43. The molecule has 0 fully saturated rings. The maximum atomic E-state index is 13.2. The Labute approximate surface area is 105 Å². The predicted molar refractivity (Wildman–Crippen MR) is 64.9 cm³/mol. The van der Waals surface area contributed by atoms with E-state index in [1.54, 1.807) is 0 Å². The van der Waals surface area contributed by atoms with Gasteiger partial charge in [0.25, 0.3) is 0 Å². The Hall–Kier alpha value is -1.01. The Morgan fingerprint density at radius 3 is 2.50 bits per heavy atom. The number of sulfonamides is 1. The van der Waals surface area contributed by atoms with Gasteiger partial charge in [-0.05, 0) is 35.6 Å². The highest BCUT2D eigenvalue weighted by molar-refractivity contribution is 7.88. The summed E-state index contributed by atoms with van der Waals surface area (Å²) < 4.78 is 50.9. The Kier molecular flexibility index (Phi) is 3.42. The zero-order valence-electron chi connectivity index (χ0n) is 10.3. The molecule has 18 heavy (non-hydrogen) atoms. The van der Waals surface area contributed by atoms with Crippen LogP contribution in [0.1, 0.15) is 24.0 Å². The van der Waals surface area contributed by atoms with Gasteiger partial charge in [0.15, 0.2) is 11.6 Å². The van der Waals surface area contributed by atoms with Gasteiger partial charge in [-0.3, -0.25) is 0 Å². The van der Waals surface area contributed by atoms with E-state index in [0.717, 1.165) is 6.26 Å². The van der Waals surface area contributed by atoms with Crippen molar-refractivity contribution in [3.8, 4) is 0 Å². The van der Waals surface area contributed by atoms with Gasteiger partial charge in [-0.25, -0.2) is 21.5 Å². The summed E-state index contributed by atoms with van der Waals surface area (Å²) in [6.07, 6.45) is 1.56. The summed E-state index contributed by atoms with van der Waals surface area (Å²) in [5.41, 5.74) is 1.38. The van der Waals surface area contributed by atoms with Gasteiger partial charge in [0.05, 0.1) is 6.26 Å². The van der Waals surface area contributed by atoms with E-state index in [2.05, 4.69) is 0 Å². The van der Waals surface area contributed by atoms with Crippen molar-refractivity contribution < 1.29 is 17.2 Å². The highest BCUT2D eigenvalue weighted by Gasteiger charge is 2.26. The number of rotatable bonds is 1. The summed E-state index contributed by atoms with van der Waals surface area (Å²) >= 11 is 0. The molecule has 0 bridgehead atoms. The molecule has 1 aromatic carbocycles. The third-order valence-electron chi connectivity index (χ3n) is 3.29. The molecule has 1 aliphatic heterocycles. The largest absolute Gasteiger partial charge is 0.213 e. The van der Waals surface area contributed by atoms with Crippen LogP contribution in [0.2, 0.25) is 0 Å². The summed E-state index contributed by atoms with van der Waals surface area (Å²) in [5, 5.41) is 0. The first-order chi connectivity index (χ1) is 8.29. The smallest absolute Gasteiger partial charge is 0.211 e. The highest BCUT2D eigenvalue weighted by Crippen LogP contribution is 2.28. The standard InChI is InChI=1S/C12H15F2NO2S/c1-8-7-15(18(2,16)17)4-3-9-5-11(13)12(14)6-10(8)9/h5-6,8H,3-4,7H2,1-2H3. The molecular formula is C12H15F2NO2S. The lowest BCUT2D eigenvalue weighted by Gasteiger charge is -2.20. The molecule has 0 aromatic heterocycles. The van der Waals surface area contributed by atoms with E-state index in [1.165, 1.54) is 16.4 Å². The Morgan fingerprint density at radius 1 is 1.28 bits per heavy atom. The number of halogens is 2. The van der Waals surface area contributed by atoms with Crippen LogP contribution in [0.25, 0.3) is 0 Å². The van der Waals surface area contributed by atoms with E-state index in [1.807, 2.05) is 6.92 Å². The number of hydrogen-bond acceptors (Lipinski definition) is 2. The van der Waals surface area contributed by atoms with Gasteiger partial charge < -0.3 is 0 Å². The van der Waals surface area contributed by atoms with Crippen molar-refractivity contribution in [3.63, 3.8) is 0 Å². The van der Waals surface area contributed by atoms with Gasteiger partial charge >= 0.3 is 0 Å². The minimum absolute atomic E-state index is 0.146. The average Bonchev–Trinajstić information content (AvgIpc) is 2.40. The monoisotopic (exact) mass is 275 g/mol. The molecule has 0 amide bonds. The van der Waals surface area contributed by atoms with Crippen molar-refractivity contribution in [2.75, 3.05) is 19.3 Å². The molecule has 1 aromatic rings. The molecular weight excluding hydrogens is 260 g/mol. The lowest BCUT2D eigenvalue weighted by atomic mass is 9.95. The van der Waals surface area contributed by atoms with Crippen molar-refractivity contribution in [2.24, 2.45) is 0 Å². The SMILES string of the molecule is CC1CN(S(C)(=O)=O)CCc2cc(F)c(F)cc21. The molecule has 0 saturated carbocycles. The lowest BCUT2D eigenvalue weighted by molar-refractivity contribution is 0.409. The molecule has 100 valence electrons. The fourth-order valence-electron chi connectivity index (χ4n) is 2.32. The first-order valence-electron chi connectivity index (χ1n) is 5.72. The normalized spacial score (nSPS) is 21.4. The summed E-state index contributed by atoms with van der Waals surface area (Å²) in [4.78, 5) is 0. The zero-order chi connectivity index (χ0) is 13.5. The van der Waals surface area contributed by atoms with Gasteiger partial charge in [0.2, 0.25) is 10.0 Å². The Morgan fingerprint density at radius 2 is 1.89 bits per heavy atom. The third kappa shape index (κ3) is 2.54. The summed E-state index contributed by atoms with van der Waals surface area (Å²) in [5.74, 6) is -1.91. The zero-order valence-corrected chi connectivity index (χ0v) is 11.1. The number of hydrogen-bond donors (Lipinski definition) is 0. The lowest BCUT2D eigenvalue weighted by Crippen LogP contribution is -2.33. The minimum Gasteiger partial charge on any atom is -0.213 e. The van der Waals surface area contributed by atoms with E-state index in [9.17, 15) is 17.2 Å². The Balaban J connectivity index is 2.41. The van der Waals surface area contributed by atoms with Gasteiger partial charge in [0.1, 0.15) is 0 Å². The van der Waals surface area contributed by atoms with Crippen LogP contribution in [0.15, 0.2) is 12.1 Å². The molecule has 1 unspecified atom stereocenters. The highest BCUT2D eigenvalue weighted by atomic mass is 32.2. The quantitative estimate of drug-likeness (QED) is 0.785. The molecule has 0 saturated heterocycles. The van der Waals surface area contributed by atoms with Gasteiger partial charge in [-0.15, -0.1) is 0 Å². The number of nitrogens with zero attached hydrogens (tertiary/aromatic N) is 1. The molecule has 6 heteroatoms. The van der Waals surface area contributed by atoms with Crippen molar-refractivity contribution in [2.45, 2.75) is 19.3 Å². The molecule has 2 rings (SSSR count). The molecule has 1 heterocycles. The number of benzene rings is 1. The van der Waals surface area contributed by atoms with Crippen LogP contribution in [0.5, 0.6) is 0 Å². The van der Waals surface area contributed by atoms with Crippen LogP contribution >= 0.6 is 0 Å². The van der Waals surface area contributed by atoms with Crippen molar-refractivity contribution >= 4 is 10.0 Å². The van der Waals surface area contributed by atoms with Crippen LogP contribution in [0.3, 0.4) is 0 Å². The fraction of sp³-hybridized carbons (Fsp3) is 0.500.